The number of aromatic nitrogens is 2. The zero-order valence-electron chi connectivity index (χ0n) is 11.3. The molecule has 0 aliphatic rings. The van der Waals surface area contributed by atoms with Crippen LogP contribution in [-0.4, -0.2) is 9.97 Å². The molecule has 1 unspecified atom stereocenters. The molecule has 3 rings (SSSR count). The van der Waals surface area contributed by atoms with Crippen LogP contribution in [0.25, 0.3) is 10.9 Å². The summed E-state index contributed by atoms with van der Waals surface area (Å²) in [5.74, 6) is 5.71. The van der Waals surface area contributed by atoms with E-state index in [0.29, 0.717) is 0 Å². The molecule has 2 aromatic heterocycles. The molecule has 0 radical (unpaired) electrons. The van der Waals surface area contributed by atoms with Crippen LogP contribution in [0.4, 0.5) is 0 Å². The van der Waals surface area contributed by atoms with E-state index in [1.807, 2.05) is 36.5 Å². The molecule has 1 atom stereocenters. The van der Waals surface area contributed by atoms with Crippen molar-refractivity contribution in [2.75, 3.05) is 0 Å². The Morgan fingerprint density at radius 3 is 2.81 bits per heavy atom. The van der Waals surface area contributed by atoms with E-state index in [1.165, 1.54) is 0 Å². The van der Waals surface area contributed by atoms with Gasteiger partial charge in [0.1, 0.15) is 0 Å². The highest BCUT2D eigenvalue weighted by Crippen LogP contribution is 2.20. The lowest BCUT2D eigenvalue weighted by molar-refractivity contribution is 0.539. The van der Waals surface area contributed by atoms with Gasteiger partial charge in [0.25, 0.3) is 0 Å². The Bertz CT molecular complexity index is 760. The number of nitrogens with two attached hydrogens (primary N) is 1. The minimum absolute atomic E-state index is 0.0503. The number of hydrogen-bond donors (Lipinski definition) is 2. The number of halogens is 1. The lowest BCUT2D eigenvalue weighted by Gasteiger charge is -2.16. The van der Waals surface area contributed by atoms with E-state index < -0.39 is 0 Å². The average molecular weight is 343 g/mol. The molecule has 0 fully saturated rings. The molecule has 1 aromatic carbocycles. The van der Waals surface area contributed by atoms with Crippen molar-refractivity contribution < 1.29 is 0 Å². The van der Waals surface area contributed by atoms with Crippen LogP contribution in [0, 0.1) is 0 Å². The number of hydrazine groups is 1. The highest BCUT2D eigenvalue weighted by atomic mass is 79.9. The first-order chi connectivity index (χ1) is 10.3. The first-order valence-electron chi connectivity index (χ1n) is 6.67. The maximum atomic E-state index is 5.71. The third kappa shape index (κ3) is 3.26. The summed E-state index contributed by atoms with van der Waals surface area (Å²) in [4.78, 5) is 8.87. The number of fused-ring (bicyclic) bond motifs is 1. The predicted octanol–water partition coefficient (Wildman–Crippen LogP) is 3.14. The number of benzene rings is 1. The van der Waals surface area contributed by atoms with Crippen LogP contribution in [0.15, 0.2) is 59.3 Å². The number of hydrogen-bond acceptors (Lipinski definition) is 4. The van der Waals surface area contributed by atoms with Crippen LogP contribution < -0.4 is 11.3 Å². The Morgan fingerprint density at radius 1 is 1.14 bits per heavy atom. The van der Waals surface area contributed by atoms with Gasteiger partial charge in [-0.2, -0.15) is 0 Å². The van der Waals surface area contributed by atoms with E-state index in [4.69, 9.17) is 10.8 Å². The van der Waals surface area contributed by atoms with Gasteiger partial charge in [-0.25, -0.2) is 0 Å². The van der Waals surface area contributed by atoms with E-state index in [1.54, 1.807) is 6.20 Å². The third-order valence-electron chi connectivity index (χ3n) is 3.38. The molecule has 5 heteroatoms. The molecular weight excluding hydrogens is 328 g/mol. The monoisotopic (exact) mass is 342 g/mol. The fourth-order valence-electron chi connectivity index (χ4n) is 2.33. The summed E-state index contributed by atoms with van der Waals surface area (Å²) in [6, 6.07) is 14.1. The maximum Gasteiger partial charge on any atom is 0.0706 e. The molecule has 4 nitrogen and oxygen atoms in total. The van der Waals surface area contributed by atoms with Gasteiger partial charge < -0.3 is 0 Å². The van der Waals surface area contributed by atoms with Gasteiger partial charge in [-0.05, 0) is 46.1 Å². The Kier molecular flexibility index (Phi) is 4.24. The molecule has 106 valence electrons. The fourth-order valence-corrected chi connectivity index (χ4v) is 2.74. The number of rotatable bonds is 4. The Labute approximate surface area is 131 Å². The summed E-state index contributed by atoms with van der Waals surface area (Å²) in [5.41, 5.74) is 5.85. The van der Waals surface area contributed by atoms with Gasteiger partial charge in [-0.15, -0.1) is 0 Å². The van der Waals surface area contributed by atoms with Gasteiger partial charge in [-0.1, -0.05) is 24.3 Å². The zero-order valence-corrected chi connectivity index (χ0v) is 12.9. The minimum atomic E-state index is -0.0503. The molecule has 0 bridgehead atoms. The van der Waals surface area contributed by atoms with E-state index in [9.17, 15) is 0 Å². The Morgan fingerprint density at radius 2 is 2.00 bits per heavy atom. The number of pyridine rings is 2. The van der Waals surface area contributed by atoms with E-state index in [2.05, 4.69) is 38.5 Å². The molecule has 0 aliphatic carbocycles. The van der Waals surface area contributed by atoms with Gasteiger partial charge in [0.2, 0.25) is 0 Å². The summed E-state index contributed by atoms with van der Waals surface area (Å²) in [6.45, 7) is 0. The van der Waals surface area contributed by atoms with Crippen molar-refractivity contribution in [2.45, 2.75) is 12.5 Å². The van der Waals surface area contributed by atoms with Crippen LogP contribution >= 0.6 is 15.9 Å². The second-order valence-corrected chi connectivity index (χ2v) is 5.78. The van der Waals surface area contributed by atoms with Crippen LogP contribution in [0.1, 0.15) is 17.3 Å². The summed E-state index contributed by atoms with van der Waals surface area (Å²) < 4.78 is 0.960. The topological polar surface area (TPSA) is 63.8 Å². The molecule has 0 aliphatic heterocycles. The number of nitrogens with one attached hydrogen (secondary N) is 1. The zero-order chi connectivity index (χ0) is 14.7. The Balaban J connectivity index is 1.90. The SMILES string of the molecule is NNC(Cc1cncc(Br)c1)c1ccc2ccccc2n1. The highest BCUT2D eigenvalue weighted by Gasteiger charge is 2.13. The molecule has 0 saturated heterocycles. The van der Waals surface area contributed by atoms with Crippen molar-refractivity contribution in [1.29, 1.82) is 0 Å². The first-order valence-corrected chi connectivity index (χ1v) is 7.47. The lowest BCUT2D eigenvalue weighted by Crippen LogP contribution is -2.30. The molecule has 0 amide bonds. The number of para-hydroxylation sites is 1. The molecular formula is C16H15BrN4. The van der Waals surface area contributed by atoms with Gasteiger partial charge >= 0.3 is 0 Å². The number of nitrogens with zero attached hydrogens (tertiary/aromatic N) is 2. The molecule has 0 saturated carbocycles. The van der Waals surface area contributed by atoms with E-state index in [-0.39, 0.29) is 6.04 Å². The summed E-state index contributed by atoms with van der Waals surface area (Å²) in [6.07, 6.45) is 4.34. The summed E-state index contributed by atoms with van der Waals surface area (Å²) in [7, 11) is 0. The molecule has 2 heterocycles. The quantitative estimate of drug-likeness (QED) is 0.564. The van der Waals surface area contributed by atoms with Crippen LogP contribution in [0.5, 0.6) is 0 Å². The molecule has 3 N–H and O–H groups in total. The molecule has 21 heavy (non-hydrogen) atoms. The van der Waals surface area contributed by atoms with Crippen molar-refractivity contribution in [3.05, 3.63) is 70.6 Å². The average Bonchev–Trinajstić information content (AvgIpc) is 2.52. The van der Waals surface area contributed by atoms with Crippen LogP contribution in [0.2, 0.25) is 0 Å². The van der Waals surface area contributed by atoms with Crippen molar-refractivity contribution in [3.8, 4) is 0 Å². The van der Waals surface area contributed by atoms with Gasteiger partial charge in [0.05, 0.1) is 17.3 Å². The van der Waals surface area contributed by atoms with Gasteiger partial charge in [0, 0.05) is 22.3 Å². The largest absolute Gasteiger partial charge is 0.271 e. The van der Waals surface area contributed by atoms with Gasteiger partial charge in [0.15, 0.2) is 0 Å². The second-order valence-electron chi connectivity index (χ2n) is 4.86. The molecule has 0 spiro atoms. The standard InChI is InChI=1S/C16H15BrN4/c17-13-7-11(9-19-10-13)8-16(21-18)15-6-5-12-3-1-2-4-14(12)20-15/h1-7,9-10,16,21H,8,18H2. The smallest absolute Gasteiger partial charge is 0.0706 e. The van der Waals surface area contributed by atoms with Gasteiger partial charge in [-0.3, -0.25) is 21.2 Å². The summed E-state index contributed by atoms with van der Waals surface area (Å²) >= 11 is 3.43. The fraction of sp³-hybridized carbons (Fsp3) is 0.125. The van der Waals surface area contributed by atoms with E-state index >= 15 is 0 Å². The highest BCUT2D eigenvalue weighted by molar-refractivity contribution is 9.10. The van der Waals surface area contributed by atoms with E-state index in [0.717, 1.165) is 33.1 Å². The Hall–Kier alpha value is -1.82. The normalized spacial score (nSPS) is 12.5. The van der Waals surface area contributed by atoms with Crippen molar-refractivity contribution in [3.63, 3.8) is 0 Å². The third-order valence-corrected chi connectivity index (χ3v) is 3.81. The lowest BCUT2D eigenvalue weighted by atomic mass is 10.0. The minimum Gasteiger partial charge on any atom is -0.271 e. The van der Waals surface area contributed by atoms with Crippen LogP contribution in [-0.2, 0) is 6.42 Å². The molecule has 3 aromatic rings. The van der Waals surface area contributed by atoms with Crippen molar-refractivity contribution >= 4 is 26.8 Å². The van der Waals surface area contributed by atoms with Crippen molar-refractivity contribution in [2.24, 2.45) is 5.84 Å². The second kappa shape index (κ2) is 6.30. The van der Waals surface area contributed by atoms with Crippen molar-refractivity contribution in [1.82, 2.24) is 15.4 Å². The first kappa shape index (κ1) is 14.1. The summed E-state index contributed by atoms with van der Waals surface area (Å²) in [5, 5.41) is 1.13. The van der Waals surface area contributed by atoms with Crippen LogP contribution in [0.3, 0.4) is 0 Å². The maximum absolute atomic E-state index is 5.71. The predicted molar refractivity (Wildman–Crippen MR) is 87.4 cm³/mol.